The van der Waals surface area contributed by atoms with Gasteiger partial charge in [0.1, 0.15) is 6.07 Å². The summed E-state index contributed by atoms with van der Waals surface area (Å²) in [6, 6.07) is 9.89. The van der Waals surface area contributed by atoms with E-state index < -0.39 is 0 Å². The Kier molecular flexibility index (Phi) is 5.42. The van der Waals surface area contributed by atoms with E-state index in [9.17, 15) is 10.1 Å². The number of nitrogens with zero attached hydrogens (tertiary/aromatic N) is 3. The molecular weight excluding hydrogens is 276 g/mol. The molecule has 0 bridgehead atoms. The minimum absolute atomic E-state index is 0.0254. The fraction of sp³-hybridized carbons (Fsp3) is 0.412. The first kappa shape index (κ1) is 15.9. The molecule has 0 saturated carbocycles. The van der Waals surface area contributed by atoms with Crippen molar-refractivity contribution in [1.29, 1.82) is 5.26 Å². The molecule has 0 aliphatic carbocycles. The second-order valence-corrected chi connectivity index (χ2v) is 5.48. The van der Waals surface area contributed by atoms with Crippen LogP contribution in [0.3, 0.4) is 0 Å². The van der Waals surface area contributed by atoms with E-state index in [0.717, 1.165) is 25.2 Å². The number of carbonyl (C=O) groups excluding carboxylic acids is 1. The minimum atomic E-state index is -0.0254. The van der Waals surface area contributed by atoms with Crippen LogP contribution in [0.2, 0.25) is 0 Å². The number of hydrogen-bond donors (Lipinski definition) is 1. The Morgan fingerprint density at radius 3 is 2.73 bits per heavy atom. The molecule has 22 heavy (non-hydrogen) atoms. The summed E-state index contributed by atoms with van der Waals surface area (Å²) >= 11 is 0. The van der Waals surface area contributed by atoms with Crippen molar-refractivity contribution < 1.29 is 4.79 Å². The van der Waals surface area contributed by atoms with E-state index in [1.165, 1.54) is 0 Å². The molecule has 116 valence electrons. The smallest absolute Gasteiger partial charge is 0.317 e. The monoisotopic (exact) mass is 298 g/mol. The zero-order chi connectivity index (χ0) is 15.9. The van der Waals surface area contributed by atoms with Gasteiger partial charge < -0.3 is 15.1 Å². The highest BCUT2D eigenvalue weighted by atomic mass is 16.2. The summed E-state index contributed by atoms with van der Waals surface area (Å²) in [5.41, 5.74) is 1.63. The van der Waals surface area contributed by atoms with Crippen molar-refractivity contribution in [2.24, 2.45) is 0 Å². The third-order valence-electron chi connectivity index (χ3n) is 3.82. The number of piperazine rings is 1. The summed E-state index contributed by atoms with van der Waals surface area (Å²) in [4.78, 5) is 16.1. The van der Waals surface area contributed by atoms with Gasteiger partial charge in [-0.2, -0.15) is 5.26 Å². The largest absolute Gasteiger partial charge is 0.367 e. The molecule has 1 aromatic carbocycles. The number of para-hydroxylation sites is 1. The van der Waals surface area contributed by atoms with Gasteiger partial charge in [0.05, 0.1) is 11.3 Å². The third kappa shape index (κ3) is 3.79. The van der Waals surface area contributed by atoms with Gasteiger partial charge in [-0.3, -0.25) is 0 Å². The van der Waals surface area contributed by atoms with Crippen LogP contribution in [0.15, 0.2) is 36.9 Å². The number of anilines is 1. The van der Waals surface area contributed by atoms with Crippen LogP contribution in [-0.2, 0) is 0 Å². The van der Waals surface area contributed by atoms with Crippen LogP contribution in [0.4, 0.5) is 10.5 Å². The molecular formula is C17H22N4O. The first-order chi connectivity index (χ1) is 10.7. The molecule has 0 spiro atoms. The Morgan fingerprint density at radius 1 is 1.41 bits per heavy atom. The average molecular weight is 298 g/mol. The maximum Gasteiger partial charge on any atom is 0.317 e. The Hall–Kier alpha value is -2.48. The van der Waals surface area contributed by atoms with E-state index in [2.05, 4.69) is 22.9 Å². The van der Waals surface area contributed by atoms with Crippen molar-refractivity contribution in [1.82, 2.24) is 10.2 Å². The molecule has 2 rings (SSSR count). The molecule has 0 aromatic heterocycles. The van der Waals surface area contributed by atoms with E-state index in [1.807, 2.05) is 42.2 Å². The van der Waals surface area contributed by atoms with E-state index in [4.69, 9.17) is 0 Å². The van der Waals surface area contributed by atoms with Crippen LogP contribution in [0.25, 0.3) is 0 Å². The van der Waals surface area contributed by atoms with Crippen molar-refractivity contribution in [3.8, 4) is 6.07 Å². The molecule has 0 radical (unpaired) electrons. The fourth-order valence-electron chi connectivity index (χ4n) is 2.61. The predicted octanol–water partition coefficient (Wildman–Crippen LogP) is 2.35. The Balaban J connectivity index is 1.92. The number of amides is 2. The summed E-state index contributed by atoms with van der Waals surface area (Å²) < 4.78 is 0. The van der Waals surface area contributed by atoms with Crippen molar-refractivity contribution in [3.05, 3.63) is 42.5 Å². The van der Waals surface area contributed by atoms with E-state index in [-0.39, 0.29) is 12.1 Å². The Morgan fingerprint density at radius 2 is 2.09 bits per heavy atom. The second-order valence-electron chi connectivity index (χ2n) is 5.48. The standard InChI is InChI=1S/C17H22N4O/c1-3-6-14(2)19-17(22)21-11-9-20(10-12-21)16-8-5-4-7-15(16)13-18/h3-5,7-8,14H,1,6,9-12H2,2H3,(H,19,22). The van der Waals surface area contributed by atoms with Crippen molar-refractivity contribution in [2.75, 3.05) is 31.1 Å². The maximum absolute atomic E-state index is 12.2. The Labute approximate surface area is 131 Å². The molecule has 2 amide bonds. The highest BCUT2D eigenvalue weighted by molar-refractivity contribution is 5.75. The minimum Gasteiger partial charge on any atom is -0.367 e. The lowest BCUT2D eigenvalue weighted by atomic mass is 10.1. The summed E-state index contributed by atoms with van der Waals surface area (Å²) in [6.07, 6.45) is 2.57. The quantitative estimate of drug-likeness (QED) is 0.868. The average Bonchev–Trinajstić information content (AvgIpc) is 2.55. The van der Waals surface area contributed by atoms with Gasteiger partial charge >= 0.3 is 6.03 Å². The lowest BCUT2D eigenvalue weighted by molar-refractivity contribution is 0.191. The first-order valence-electron chi connectivity index (χ1n) is 7.56. The third-order valence-corrected chi connectivity index (χ3v) is 3.82. The number of urea groups is 1. The summed E-state index contributed by atoms with van der Waals surface area (Å²) in [5.74, 6) is 0. The molecule has 1 saturated heterocycles. The molecule has 1 unspecified atom stereocenters. The highest BCUT2D eigenvalue weighted by Gasteiger charge is 2.23. The number of hydrogen-bond acceptors (Lipinski definition) is 3. The second kappa shape index (κ2) is 7.51. The number of carbonyl (C=O) groups is 1. The molecule has 1 aliphatic rings. The van der Waals surface area contributed by atoms with Crippen molar-refractivity contribution in [2.45, 2.75) is 19.4 Å². The number of rotatable bonds is 4. The van der Waals surface area contributed by atoms with Crippen LogP contribution < -0.4 is 10.2 Å². The van der Waals surface area contributed by atoms with Crippen LogP contribution in [0.5, 0.6) is 0 Å². The van der Waals surface area contributed by atoms with Gasteiger partial charge in [-0.25, -0.2) is 4.79 Å². The van der Waals surface area contributed by atoms with Gasteiger partial charge in [-0.1, -0.05) is 18.2 Å². The van der Waals surface area contributed by atoms with Gasteiger partial charge in [0, 0.05) is 32.2 Å². The topological polar surface area (TPSA) is 59.4 Å². The van der Waals surface area contributed by atoms with Gasteiger partial charge in [0.25, 0.3) is 0 Å². The van der Waals surface area contributed by atoms with E-state index in [0.29, 0.717) is 18.7 Å². The van der Waals surface area contributed by atoms with Gasteiger partial charge in [0.15, 0.2) is 0 Å². The highest BCUT2D eigenvalue weighted by Crippen LogP contribution is 2.21. The number of nitrogens with one attached hydrogen (secondary N) is 1. The summed E-state index contributed by atoms with van der Waals surface area (Å²) in [7, 11) is 0. The molecule has 5 nitrogen and oxygen atoms in total. The van der Waals surface area contributed by atoms with E-state index >= 15 is 0 Å². The molecule has 1 N–H and O–H groups in total. The van der Waals surface area contributed by atoms with Gasteiger partial charge in [-0.15, -0.1) is 6.58 Å². The van der Waals surface area contributed by atoms with Crippen molar-refractivity contribution >= 4 is 11.7 Å². The van der Waals surface area contributed by atoms with Crippen LogP contribution >= 0.6 is 0 Å². The SMILES string of the molecule is C=CCC(C)NC(=O)N1CCN(c2ccccc2C#N)CC1. The lowest BCUT2D eigenvalue weighted by Gasteiger charge is -2.36. The predicted molar refractivity (Wildman–Crippen MR) is 87.8 cm³/mol. The Bertz CT molecular complexity index is 570. The molecule has 1 aliphatic heterocycles. The number of nitriles is 1. The van der Waals surface area contributed by atoms with Crippen LogP contribution in [0, 0.1) is 11.3 Å². The van der Waals surface area contributed by atoms with Crippen molar-refractivity contribution in [3.63, 3.8) is 0 Å². The molecule has 5 heteroatoms. The molecule has 1 atom stereocenters. The first-order valence-corrected chi connectivity index (χ1v) is 7.56. The maximum atomic E-state index is 12.2. The van der Waals surface area contributed by atoms with E-state index in [1.54, 1.807) is 0 Å². The normalized spacial score (nSPS) is 15.8. The molecule has 1 heterocycles. The summed E-state index contributed by atoms with van der Waals surface area (Å²) in [6.45, 7) is 8.45. The zero-order valence-corrected chi connectivity index (χ0v) is 13.0. The number of benzene rings is 1. The van der Waals surface area contributed by atoms with Gasteiger partial charge in [-0.05, 0) is 25.5 Å². The fourth-order valence-corrected chi connectivity index (χ4v) is 2.61. The van der Waals surface area contributed by atoms with Gasteiger partial charge in [0.2, 0.25) is 0 Å². The molecule has 1 aromatic rings. The van der Waals surface area contributed by atoms with Crippen LogP contribution in [0.1, 0.15) is 18.9 Å². The zero-order valence-electron chi connectivity index (χ0n) is 13.0. The molecule has 1 fully saturated rings. The summed E-state index contributed by atoms with van der Waals surface area (Å²) in [5, 5.41) is 12.2. The lowest BCUT2D eigenvalue weighted by Crippen LogP contribution is -2.53. The van der Waals surface area contributed by atoms with Crippen LogP contribution in [-0.4, -0.2) is 43.2 Å².